The summed E-state index contributed by atoms with van der Waals surface area (Å²) in [4.78, 5) is 51.5. The summed E-state index contributed by atoms with van der Waals surface area (Å²) in [5, 5.41) is 0. The molecule has 44 heavy (non-hydrogen) atoms. The van der Waals surface area contributed by atoms with Gasteiger partial charge in [0.05, 0.1) is 37.0 Å². The number of aryl methyl sites for hydroxylation is 1. The molecule has 2 aliphatic heterocycles. The first kappa shape index (κ1) is 32.1. The lowest BCUT2D eigenvalue weighted by atomic mass is 9.77. The number of hydrogen-bond acceptors (Lipinski definition) is 9. The molecule has 6 atom stereocenters. The Morgan fingerprint density at radius 1 is 1.05 bits per heavy atom. The van der Waals surface area contributed by atoms with Gasteiger partial charge in [-0.25, -0.2) is 9.97 Å². The minimum Gasteiger partial charge on any atom is -0.497 e. The van der Waals surface area contributed by atoms with Crippen molar-refractivity contribution in [1.82, 2.24) is 14.9 Å². The van der Waals surface area contributed by atoms with Crippen molar-refractivity contribution in [2.24, 2.45) is 17.3 Å². The molecule has 1 amide bonds. The zero-order valence-electron chi connectivity index (χ0n) is 27.0. The number of ether oxygens (including phenoxy) is 4. The van der Waals surface area contributed by atoms with Crippen LogP contribution in [0.3, 0.4) is 0 Å². The molecule has 10 nitrogen and oxygen atoms in total. The summed E-state index contributed by atoms with van der Waals surface area (Å²) >= 11 is 0. The van der Waals surface area contributed by atoms with Gasteiger partial charge in [-0.05, 0) is 68.9 Å². The van der Waals surface area contributed by atoms with Crippen LogP contribution in [0.15, 0.2) is 18.2 Å². The average Bonchev–Trinajstić information content (AvgIpc) is 3.52. The van der Waals surface area contributed by atoms with Crippen molar-refractivity contribution in [1.29, 1.82) is 0 Å². The van der Waals surface area contributed by atoms with E-state index in [0.717, 1.165) is 62.4 Å². The van der Waals surface area contributed by atoms with E-state index in [1.165, 1.54) is 12.0 Å². The van der Waals surface area contributed by atoms with E-state index in [1.54, 1.807) is 7.11 Å². The van der Waals surface area contributed by atoms with Gasteiger partial charge in [-0.15, -0.1) is 0 Å². The second-order valence-electron chi connectivity index (χ2n) is 13.9. The van der Waals surface area contributed by atoms with Crippen molar-refractivity contribution in [2.45, 2.75) is 109 Å². The Morgan fingerprint density at radius 3 is 2.52 bits per heavy atom. The SMILES string of the molecule is COc1ccc2nc3c(nc2c1)O[C@H]1CN(C(=O)[C@H](C(C)(C)C)CC(=O)O[C@]2(C)CCC[C@H]2CCCCC3)[C@H](C=O)[C@@H]1OC. The zero-order valence-corrected chi connectivity index (χ0v) is 27.0. The van der Waals surface area contributed by atoms with Crippen molar-refractivity contribution in [3.63, 3.8) is 0 Å². The monoisotopic (exact) mass is 609 g/mol. The molecular formula is C34H47N3O7. The van der Waals surface area contributed by atoms with E-state index in [2.05, 4.69) is 6.92 Å². The number of aldehydes is 1. The van der Waals surface area contributed by atoms with Crippen molar-refractivity contribution in [3.05, 3.63) is 23.9 Å². The number of carbonyl (C=O) groups excluding carboxylic acids is 3. The maximum absolute atomic E-state index is 14.2. The number of esters is 1. The number of amides is 1. The zero-order chi connectivity index (χ0) is 31.6. The van der Waals surface area contributed by atoms with Crippen LogP contribution in [0, 0.1) is 17.3 Å². The number of carbonyl (C=O) groups is 3. The second kappa shape index (κ2) is 13.0. The van der Waals surface area contributed by atoms with Gasteiger partial charge in [-0.3, -0.25) is 9.59 Å². The van der Waals surface area contributed by atoms with E-state index in [0.29, 0.717) is 23.6 Å². The third kappa shape index (κ3) is 6.55. The van der Waals surface area contributed by atoms with Crippen LogP contribution in [0.5, 0.6) is 11.6 Å². The van der Waals surface area contributed by atoms with E-state index in [9.17, 15) is 14.4 Å². The number of nitrogens with zero attached hydrogens (tertiary/aromatic N) is 3. The molecule has 3 heterocycles. The maximum atomic E-state index is 14.2. The fourth-order valence-corrected chi connectivity index (χ4v) is 7.27. The van der Waals surface area contributed by atoms with Crippen molar-refractivity contribution in [2.75, 3.05) is 20.8 Å². The molecule has 240 valence electrons. The third-order valence-corrected chi connectivity index (χ3v) is 9.92. The van der Waals surface area contributed by atoms with Crippen LogP contribution >= 0.6 is 0 Å². The van der Waals surface area contributed by atoms with Crippen molar-refractivity contribution < 1.29 is 33.3 Å². The highest BCUT2D eigenvalue weighted by Gasteiger charge is 2.50. The van der Waals surface area contributed by atoms with Gasteiger partial charge >= 0.3 is 5.97 Å². The van der Waals surface area contributed by atoms with Gasteiger partial charge in [0, 0.05) is 13.2 Å². The largest absolute Gasteiger partial charge is 0.497 e. The van der Waals surface area contributed by atoms with Crippen LogP contribution in [0.25, 0.3) is 11.0 Å². The van der Waals surface area contributed by atoms with Gasteiger partial charge in [0.2, 0.25) is 11.8 Å². The molecule has 3 aliphatic rings. The molecule has 0 unspecified atom stereocenters. The Kier molecular flexibility index (Phi) is 9.49. The molecular weight excluding hydrogens is 562 g/mol. The summed E-state index contributed by atoms with van der Waals surface area (Å²) in [7, 11) is 3.11. The van der Waals surface area contributed by atoms with Gasteiger partial charge in [-0.1, -0.05) is 33.6 Å². The summed E-state index contributed by atoms with van der Waals surface area (Å²) in [5.74, 6) is -0.0332. The predicted octanol–water partition coefficient (Wildman–Crippen LogP) is 5.08. The lowest BCUT2D eigenvalue weighted by Gasteiger charge is -2.36. The van der Waals surface area contributed by atoms with Gasteiger partial charge in [0.25, 0.3) is 0 Å². The first-order valence-corrected chi connectivity index (χ1v) is 16.0. The second-order valence-corrected chi connectivity index (χ2v) is 13.9. The third-order valence-electron chi connectivity index (χ3n) is 9.92. The number of methoxy groups -OCH3 is 2. The highest BCUT2D eigenvalue weighted by molar-refractivity contribution is 5.87. The van der Waals surface area contributed by atoms with E-state index in [4.69, 9.17) is 28.9 Å². The molecule has 1 aromatic heterocycles. The summed E-state index contributed by atoms with van der Waals surface area (Å²) < 4.78 is 23.9. The Bertz CT molecular complexity index is 1370. The summed E-state index contributed by atoms with van der Waals surface area (Å²) in [6.07, 6.45) is 6.70. The predicted molar refractivity (Wildman–Crippen MR) is 164 cm³/mol. The number of fused-ring (bicyclic) bond motifs is 5. The highest BCUT2D eigenvalue weighted by Crippen LogP contribution is 2.43. The summed E-state index contributed by atoms with van der Waals surface area (Å²) in [6.45, 7) is 7.98. The minimum absolute atomic E-state index is 0.0575. The van der Waals surface area contributed by atoms with Crippen LogP contribution in [0.2, 0.25) is 0 Å². The fraction of sp³-hybridized carbons (Fsp3) is 0.676. The molecule has 0 N–H and O–H groups in total. The smallest absolute Gasteiger partial charge is 0.307 e. The summed E-state index contributed by atoms with van der Waals surface area (Å²) in [6, 6.07) is 4.68. The molecule has 1 saturated carbocycles. The molecule has 0 radical (unpaired) electrons. The molecule has 10 heteroatoms. The van der Waals surface area contributed by atoms with Crippen molar-refractivity contribution >= 4 is 29.2 Å². The molecule has 1 saturated heterocycles. The lowest BCUT2D eigenvalue weighted by Crippen LogP contribution is -2.48. The number of aromatic nitrogens is 2. The quantitative estimate of drug-likeness (QED) is 0.347. The normalized spacial score (nSPS) is 30.5. The Hall–Kier alpha value is -3.27. The molecule has 0 spiro atoms. The van der Waals surface area contributed by atoms with Gasteiger partial charge in [0.1, 0.15) is 41.6 Å². The number of rotatable bonds is 3. The standard InChI is InChI=1S/C34H47N3O7/c1-33(2,3)23-18-29(39)44-34(4)16-10-12-21(34)11-8-7-9-13-25-31(36-26-17-22(41-5)14-15-24(26)35-25)43-28-19-37(32(23)40)27(20-38)30(28)42-6/h14-15,17,20-21,23,27-28,30H,7-13,16,18-19H2,1-6H3/t21-,23-,27-,28+,30+,34-/m1/s1. The van der Waals surface area contributed by atoms with Crippen LogP contribution in [0.4, 0.5) is 0 Å². The molecule has 5 rings (SSSR count). The first-order valence-electron chi connectivity index (χ1n) is 16.0. The molecule has 2 fully saturated rings. The summed E-state index contributed by atoms with van der Waals surface area (Å²) in [5.41, 5.74) is 1.01. The highest BCUT2D eigenvalue weighted by atomic mass is 16.6. The average molecular weight is 610 g/mol. The van der Waals surface area contributed by atoms with Crippen LogP contribution in [0.1, 0.15) is 84.8 Å². The van der Waals surface area contributed by atoms with Crippen LogP contribution in [-0.2, 0) is 30.3 Å². The van der Waals surface area contributed by atoms with Gasteiger partial charge in [0.15, 0.2) is 0 Å². The molecule has 2 bridgehead atoms. The maximum Gasteiger partial charge on any atom is 0.307 e. The lowest BCUT2D eigenvalue weighted by molar-refractivity contribution is -0.167. The Labute approximate surface area is 260 Å². The molecule has 1 aromatic carbocycles. The molecule has 1 aliphatic carbocycles. The van der Waals surface area contributed by atoms with Crippen LogP contribution in [-0.4, -0.2) is 77.6 Å². The number of benzene rings is 1. The topological polar surface area (TPSA) is 117 Å². The Morgan fingerprint density at radius 2 is 1.82 bits per heavy atom. The van der Waals surface area contributed by atoms with Gasteiger partial charge in [-0.2, -0.15) is 0 Å². The molecule has 2 aromatic rings. The van der Waals surface area contributed by atoms with E-state index >= 15 is 0 Å². The minimum atomic E-state index is -0.880. The van der Waals surface area contributed by atoms with Gasteiger partial charge < -0.3 is 28.6 Å². The van der Waals surface area contributed by atoms with Crippen LogP contribution < -0.4 is 9.47 Å². The van der Waals surface area contributed by atoms with E-state index < -0.39 is 35.2 Å². The van der Waals surface area contributed by atoms with Crippen molar-refractivity contribution in [3.8, 4) is 11.6 Å². The number of hydrogen-bond donors (Lipinski definition) is 0. The Balaban J connectivity index is 1.54. The first-order chi connectivity index (χ1) is 21.0. The van der Waals surface area contributed by atoms with E-state index in [-0.39, 0.29) is 30.8 Å². The van der Waals surface area contributed by atoms with E-state index in [1.807, 2.05) is 39.0 Å². The fourth-order valence-electron chi connectivity index (χ4n) is 7.27.